The second-order valence-corrected chi connectivity index (χ2v) is 12.3. The van der Waals surface area contributed by atoms with E-state index >= 15 is 0 Å². The maximum atomic E-state index is 3.93. The van der Waals surface area contributed by atoms with Crippen LogP contribution in [0.15, 0.2) is 0 Å². The summed E-state index contributed by atoms with van der Waals surface area (Å²) in [4.78, 5) is 7.85. The van der Waals surface area contributed by atoms with Crippen molar-refractivity contribution in [3.63, 3.8) is 0 Å². The molecule has 0 aliphatic carbocycles. The van der Waals surface area contributed by atoms with Gasteiger partial charge in [0.1, 0.15) is 0 Å². The van der Waals surface area contributed by atoms with E-state index < -0.39 is 8.40 Å². The molecule has 104 valence electrons. The molecule has 0 radical (unpaired) electrons. The Balaban J connectivity index is 5.22. The lowest BCUT2D eigenvalue weighted by molar-refractivity contribution is 0.539. The van der Waals surface area contributed by atoms with E-state index in [1.54, 1.807) is 0 Å². The molecule has 0 aromatic rings. The maximum Gasteiger partial charge on any atom is 0.212 e. The van der Waals surface area contributed by atoms with Gasteiger partial charge in [-0.3, -0.25) is 0 Å². The first kappa shape index (κ1) is 17.1. The minimum absolute atomic E-state index is 0.315. The first-order valence-corrected chi connectivity index (χ1v) is 9.12. The van der Waals surface area contributed by atoms with Gasteiger partial charge in [0.15, 0.2) is 0 Å². The maximum absolute atomic E-state index is 3.93. The van der Waals surface area contributed by atoms with E-state index in [0.29, 0.717) is 10.1 Å². The highest BCUT2D eigenvalue weighted by Gasteiger charge is 2.53. The van der Waals surface area contributed by atoms with E-state index in [4.69, 9.17) is 0 Å². The number of nitrogens with one attached hydrogen (secondary N) is 2. The summed E-state index contributed by atoms with van der Waals surface area (Å²) in [7, 11) is -1.74. The molecular weight excluding hydrogens is 224 g/mol. The Morgan fingerprint density at radius 3 is 1.18 bits per heavy atom. The minimum Gasteiger partial charge on any atom is -0.325 e. The molecule has 0 bridgehead atoms. The van der Waals surface area contributed by atoms with Crippen molar-refractivity contribution in [3.05, 3.63) is 0 Å². The summed E-state index contributed by atoms with van der Waals surface area (Å²) in [6, 6.07) is 0. The summed E-state index contributed by atoms with van der Waals surface area (Å²) in [5.41, 5.74) is 0. The van der Waals surface area contributed by atoms with Gasteiger partial charge in [-0.25, -0.2) is 0 Å². The number of hydrogen-bond donors (Lipinski definition) is 2. The zero-order valence-electron chi connectivity index (χ0n) is 13.3. The van der Waals surface area contributed by atoms with Crippen LogP contribution in [0.2, 0.25) is 10.1 Å². The van der Waals surface area contributed by atoms with Crippen molar-refractivity contribution >= 4 is 8.40 Å². The average Bonchev–Trinajstić information content (AvgIpc) is 2.14. The van der Waals surface area contributed by atoms with Crippen LogP contribution in [0.25, 0.3) is 0 Å². The molecule has 0 saturated heterocycles. The Morgan fingerprint density at radius 2 is 1.00 bits per heavy atom. The molecular formula is C14H34N2Si. The van der Waals surface area contributed by atoms with Crippen molar-refractivity contribution in [2.45, 2.75) is 78.3 Å². The summed E-state index contributed by atoms with van der Waals surface area (Å²) < 4.78 is 0. The van der Waals surface area contributed by atoms with E-state index in [9.17, 15) is 0 Å². The van der Waals surface area contributed by atoms with Gasteiger partial charge in [0.2, 0.25) is 8.40 Å². The van der Waals surface area contributed by atoms with Crippen LogP contribution in [-0.4, -0.2) is 21.5 Å². The summed E-state index contributed by atoms with van der Waals surface area (Å²) in [6.07, 6.45) is 2.41. The Hall–Kier alpha value is 0.137. The van der Waals surface area contributed by atoms with Crippen molar-refractivity contribution in [3.8, 4) is 0 Å². The molecule has 2 nitrogen and oxygen atoms in total. The second kappa shape index (κ2) is 6.35. The summed E-state index contributed by atoms with van der Waals surface area (Å²) in [6.45, 7) is 21.0. The molecule has 2 N–H and O–H groups in total. The van der Waals surface area contributed by atoms with Gasteiger partial charge in [-0.05, 0) is 36.0 Å². The largest absolute Gasteiger partial charge is 0.325 e. The monoisotopic (exact) mass is 258 g/mol. The SMILES string of the molecule is CCCN[Si](NCCC)(C(C)(C)C)C(C)(C)C. The molecule has 0 heterocycles. The number of hydrogen-bond acceptors (Lipinski definition) is 2. The molecule has 0 spiro atoms. The zero-order chi connectivity index (χ0) is 13.7. The molecule has 0 unspecified atom stereocenters. The molecule has 17 heavy (non-hydrogen) atoms. The first-order chi connectivity index (χ1) is 7.62. The first-order valence-electron chi connectivity index (χ1n) is 7.12. The van der Waals surface area contributed by atoms with E-state index in [-0.39, 0.29) is 0 Å². The Bertz CT molecular complexity index is 189. The highest BCUT2D eigenvalue weighted by molar-refractivity contribution is 6.80. The fourth-order valence-electron chi connectivity index (χ4n) is 2.87. The smallest absolute Gasteiger partial charge is 0.212 e. The van der Waals surface area contributed by atoms with Crippen molar-refractivity contribution in [2.75, 3.05) is 13.1 Å². The lowest BCUT2D eigenvalue weighted by Crippen LogP contribution is -2.73. The quantitative estimate of drug-likeness (QED) is 0.703. The van der Waals surface area contributed by atoms with Gasteiger partial charge in [0.05, 0.1) is 0 Å². The molecule has 0 aliphatic heterocycles. The van der Waals surface area contributed by atoms with E-state index in [1.807, 2.05) is 0 Å². The average molecular weight is 259 g/mol. The summed E-state index contributed by atoms with van der Waals surface area (Å²) >= 11 is 0. The van der Waals surface area contributed by atoms with Crippen molar-refractivity contribution in [1.29, 1.82) is 0 Å². The normalized spacial score (nSPS) is 14.1. The fraction of sp³-hybridized carbons (Fsp3) is 1.00. The van der Waals surface area contributed by atoms with Gasteiger partial charge < -0.3 is 9.96 Å². The standard InChI is InChI=1S/C14H34N2Si/c1-9-11-15-17(13(3,4)5,14(6,7)8)16-12-10-2/h15-16H,9-12H2,1-8H3. The molecule has 0 rings (SSSR count). The molecule has 0 aromatic heterocycles. The Morgan fingerprint density at radius 1 is 0.706 bits per heavy atom. The Kier molecular flexibility index (Phi) is 6.40. The van der Waals surface area contributed by atoms with E-state index in [0.717, 1.165) is 13.1 Å². The third kappa shape index (κ3) is 4.07. The predicted molar refractivity (Wildman–Crippen MR) is 81.8 cm³/mol. The lowest BCUT2D eigenvalue weighted by Gasteiger charge is -2.52. The van der Waals surface area contributed by atoms with Crippen LogP contribution in [0.4, 0.5) is 0 Å². The van der Waals surface area contributed by atoms with Gasteiger partial charge in [0.25, 0.3) is 0 Å². The van der Waals surface area contributed by atoms with Crippen molar-refractivity contribution in [2.24, 2.45) is 0 Å². The predicted octanol–water partition coefficient (Wildman–Crippen LogP) is 4.03. The van der Waals surface area contributed by atoms with Crippen molar-refractivity contribution < 1.29 is 0 Å². The van der Waals surface area contributed by atoms with Gasteiger partial charge in [-0.1, -0.05) is 55.4 Å². The highest BCUT2D eigenvalue weighted by Crippen LogP contribution is 2.47. The second-order valence-electron chi connectivity index (χ2n) is 7.10. The van der Waals surface area contributed by atoms with Gasteiger partial charge in [0, 0.05) is 0 Å². The molecule has 0 aliphatic rings. The zero-order valence-corrected chi connectivity index (χ0v) is 14.3. The molecule has 0 atom stereocenters. The van der Waals surface area contributed by atoms with E-state index in [2.05, 4.69) is 65.4 Å². The van der Waals surface area contributed by atoms with Gasteiger partial charge >= 0.3 is 0 Å². The Labute approximate surface area is 110 Å². The van der Waals surface area contributed by atoms with Crippen LogP contribution >= 0.6 is 0 Å². The molecule has 0 aromatic carbocycles. The molecule has 0 fully saturated rings. The third-order valence-corrected chi connectivity index (χ3v) is 9.59. The fourth-order valence-corrected chi connectivity index (χ4v) is 8.62. The summed E-state index contributed by atoms with van der Waals surface area (Å²) in [5.74, 6) is 0. The molecule has 0 amide bonds. The van der Waals surface area contributed by atoms with Crippen LogP contribution in [0.5, 0.6) is 0 Å². The van der Waals surface area contributed by atoms with Crippen LogP contribution in [0.3, 0.4) is 0 Å². The summed E-state index contributed by atoms with van der Waals surface area (Å²) in [5, 5.41) is 0.630. The molecule has 0 saturated carbocycles. The van der Waals surface area contributed by atoms with Gasteiger partial charge in [-0.2, -0.15) is 0 Å². The van der Waals surface area contributed by atoms with Crippen LogP contribution in [-0.2, 0) is 0 Å². The third-order valence-electron chi connectivity index (χ3n) is 3.53. The van der Waals surface area contributed by atoms with Crippen LogP contribution in [0.1, 0.15) is 68.2 Å². The number of rotatable bonds is 6. The molecule has 3 heteroatoms. The van der Waals surface area contributed by atoms with E-state index in [1.165, 1.54) is 12.8 Å². The van der Waals surface area contributed by atoms with Crippen LogP contribution in [0, 0.1) is 0 Å². The van der Waals surface area contributed by atoms with Gasteiger partial charge in [-0.15, -0.1) is 0 Å². The highest BCUT2D eigenvalue weighted by atomic mass is 28.3. The minimum atomic E-state index is -1.74. The lowest BCUT2D eigenvalue weighted by atomic mass is 10.2. The van der Waals surface area contributed by atoms with Crippen molar-refractivity contribution in [1.82, 2.24) is 9.96 Å². The van der Waals surface area contributed by atoms with Crippen LogP contribution < -0.4 is 9.96 Å². The topological polar surface area (TPSA) is 24.1 Å².